The summed E-state index contributed by atoms with van der Waals surface area (Å²) in [5.74, 6) is -0.333. The monoisotopic (exact) mass is 265 g/mol. The molecule has 2 rings (SSSR count). The zero-order chi connectivity index (χ0) is 13.7. The van der Waals surface area contributed by atoms with Gasteiger partial charge in [0.1, 0.15) is 0 Å². The van der Waals surface area contributed by atoms with E-state index in [0.29, 0.717) is 25.2 Å². The van der Waals surface area contributed by atoms with E-state index in [1.54, 1.807) is 12.1 Å². The van der Waals surface area contributed by atoms with Crippen LogP contribution in [0.3, 0.4) is 0 Å². The van der Waals surface area contributed by atoms with Gasteiger partial charge in [0.05, 0.1) is 31.9 Å². The minimum atomic E-state index is -0.333. The molecule has 1 aliphatic heterocycles. The van der Waals surface area contributed by atoms with Gasteiger partial charge in [0.25, 0.3) is 0 Å². The number of hydrogen-bond acceptors (Lipinski definition) is 5. The number of nitrogens with zero attached hydrogens (tertiary/aromatic N) is 1. The number of anilines is 1. The summed E-state index contributed by atoms with van der Waals surface area (Å²) in [6.07, 6.45) is 0.679. The van der Waals surface area contributed by atoms with Crippen LogP contribution in [0.1, 0.15) is 16.8 Å². The summed E-state index contributed by atoms with van der Waals surface area (Å²) in [7, 11) is 1.37. The van der Waals surface area contributed by atoms with Crippen LogP contribution >= 0.6 is 0 Å². The Bertz CT molecular complexity index is 416. The first-order valence-electron chi connectivity index (χ1n) is 6.40. The van der Waals surface area contributed by atoms with Crippen LogP contribution in [-0.4, -0.2) is 50.6 Å². The third-order valence-electron chi connectivity index (χ3n) is 3.31. The first kappa shape index (κ1) is 13.8. The fourth-order valence-electron chi connectivity index (χ4n) is 2.29. The van der Waals surface area contributed by atoms with Crippen molar-refractivity contribution in [2.75, 3.05) is 38.4 Å². The van der Waals surface area contributed by atoms with Crippen LogP contribution in [-0.2, 0) is 9.47 Å². The van der Waals surface area contributed by atoms with Gasteiger partial charge >= 0.3 is 5.97 Å². The molecule has 1 fully saturated rings. The topological polar surface area (TPSA) is 59.0 Å². The van der Waals surface area contributed by atoms with Gasteiger partial charge in [-0.1, -0.05) is 0 Å². The first-order chi connectivity index (χ1) is 9.26. The summed E-state index contributed by atoms with van der Waals surface area (Å²) in [5.41, 5.74) is 1.58. The zero-order valence-corrected chi connectivity index (χ0v) is 11.0. The Morgan fingerprint density at radius 2 is 2.21 bits per heavy atom. The van der Waals surface area contributed by atoms with E-state index in [0.717, 1.165) is 12.2 Å². The number of morpholine rings is 1. The van der Waals surface area contributed by atoms with Gasteiger partial charge in [-0.25, -0.2) is 4.79 Å². The van der Waals surface area contributed by atoms with Crippen molar-refractivity contribution in [2.24, 2.45) is 0 Å². The molecule has 1 aliphatic rings. The highest BCUT2D eigenvalue weighted by atomic mass is 16.5. The molecule has 0 spiro atoms. The lowest BCUT2D eigenvalue weighted by molar-refractivity contribution is 0.0600. The predicted molar refractivity (Wildman–Crippen MR) is 71.4 cm³/mol. The molecule has 1 saturated heterocycles. The largest absolute Gasteiger partial charge is 0.465 e. The average molecular weight is 265 g/mol. The third kappa shape index (κ3) is 3.24. The van der Waals surface area contributed by atoms with Crippen molar-refractivity contribution < 1.29 is 19.4 Å². The fraction of sp³-hybridized carbons (Fsp3) is 0.500. The zero-order valence-electron chi connectivity index (χ0n) is 11.0. The van der Waals surface area contributed by atoms with Gasteiger partial charge in [-0.05, 0) is 30.7 Å². The molecule has 0 radical (unpaired) electrons. The SMILES string of the molecule is COC(=O)c1ccc(N2CCOCC2CCO)cc1. The number of carbonyl (C=O) groups excluding carboxylic acids is 1. The number of aliphatic hydroxyl groups excluding tert-OH is 1. The number of rotatable bonds is 4. The maximum Gasteiger partial charge on any atom is 0.337 e. The number of methoxy groups -OCH3 is 1. The number of carbonyl (C=O) groups is 1. The maximum atomic E-state index is 11.4. The van der Waals surface area contributed by atoms with Crippen molar-refractivity contribution in [3.8, 4) is 0 Å². The van der Waals surface area contributed by atoms with E-state index in [1.165, 1.54) is 7.11 Å². The summed E-state index contributed by atoms with van der Waals surface area (Å²) >= 11 is 0. The van der Waals surface area contributed by atoms with E-state index in [2.05, 4.69) is 9.64 Å². The van der Waals surface area contributed by atoms with Gasteiger partial charge in [-0.15, -0.1) is 0 Å². The lowest BCUT2D eigenvalue weighted by Gasteiger charge is -2.37. The minimum Gasteiger partial charge on any atom is -0.465 e. The van der Waals surface area contributed by atoms with Crippen LogP contribution in [0.25, 0.3) is 0 Å². The van der Waals surface area contributed by atoms with Crippen LogP contribution in [0.15, 0.2) is 24.3 Å². The van der Waals surface area contributed by atoms with Crippen molar-refractivity contribution >= 4 is 11.7 Å². The molecule has 104 valence electrons. The van der Waals surface area contributed by atoms with Crippen LogP contribution in [0.2, 0.25) is 0 Å². The summed E-state index contributed by atoms with van der Waals surface area (Å²) in [5, 5.41) is 9.09. The van der Waals surface area contributed by atoms with Gasteiger partial charge in [0.2, 0.25) is 0 Å². The van der Waals surface area contributed by atoms with E-state index in [4.69, 9.17) is 9.84 Å². The van der Waals surface area contributed by atoms with Crippen molar-refractivity contribution in [3.05, 3.63) is 29.8 Å². The standard InChI is InChI=1S/C14H19NO4/c1-18-14(17)11-2-4-12(5-3-11)15-7-9-19-10-13(15)6-8-16/h2-5,13,16H,6-10H2,1H3. The first-order valence-corrected chi connectivity index (χ1v) is 6.40. The lowest BCUT2D eigenvalue weighted by Crippen LogP contribution is -2.46. The number of hydrogen-bond donors (Lipinski definition) is 1. The van der Waals surface area contributed by atoms with Crippen LogP contribution in [0.5, 0.6) is 0 Å². The van der Waals surface area contributed by atoms with E-state index >= 15 is 0 Å². The van der Waals surface area contributed by atoms with Gasteiger partial charge in [-0.2, -0.15) is 0 Å². The summed E-state index contributed by atoms with van der Waals surface area (Å²) < 4.78 is 10.1. The Morgan fingerprint density at radius 3 is 2.84 bits per heavy atom. The highest BCUT2D eigenvalue weighted by Gasteiger charge is 2.22. The van der Waals surface area contributed by atoms with Crippen LogP contribution < -0.4 is 4.90 Å². The molecule has 1 heterocycles. The molecule has 0 aliphatic carbocycles. The number of ether oxygens (including phenoxy) is 2. The molecule has 1 aromatic rings. The van der Waals surface area contributed by atoms with Gasteiger partial charge in [-0.3, -0.25) is 0 Å². The minimum absolute atomic E-state index is 0.144. The Balaban J connectivity index is 2.13. The Kier molecular flexibility index (Phi) is 4.76. The molecule has 5 nitrogen and oxygen atoms in total. The maximum absolute atomic E-state index is 11.4. The molecule has 1 N–H and O–H groups in total. The highest BCUT2D eigenvalue weighted by molar-refractivity contribution is 5.89. The molecule has 0 bridgehead atoms. The Hall–Kier alpha value is -1.59. The van der Waals surface area contributed by atoms with Crippen molar-refractivity contribution in [2.45, 2.75) is 12.5 Å². The van der Waals surface area contributed by atoms with Crippen LogP contribution in [0, 0.1) is 0 Å². The second kappa shape index (κ2) is 6.54. The molecule has 19 heavy (non-hydrogen) atoms. The Morgan fingerprint density at radius 1 is 1.47 bits per heavy atom. The molecular weight excluding hydrogens is 246 g/mol. The third-order valence-corrected chi connectivity index (χ3v) is 3.31. The molecule has 0 amide bonds. The van der Waals surface area contributed by atoms with E-state index < -0.39 is 0 Å². The summed E-state index contributed by atoms with van der Waals surface area (Å²) in [6.45, 7) is 2.24. The van der Waals surface area contributed by atoms with Gasteiger partial charge in [0.15, 0.2) is 0 Å². The fourth-order valence-corrected chi connectivity index (χ4v) is 2.29. The van der Waals surface area contributed by atoms with Crippen molar-refractivity contribution in [1.82, 2.24) is 0 Å². The van der Waals surface area contributed by atoms with Gasteiger partial charge < -0.3 is 19.5 Å². The smallest absolute Gasteiger partial charge is 0.337 e. The second-order valence-electron chi connectivity index (χ2n) is 4.47. The average Bonchev–Trinajstić information content (AvgIpc) is 2.47. The number of aliphatic hydroxyl groups is 1. The van der Waals surface area contributed by atoms with Crippen molar-refractivity contribution in [3.63, 3.8) is 0 Å². The molecule has 1 unspecified atom stereocenters. The Labute approximate surface area is 112 Å². The quantitative estimate of drug-likeness (QED) is 0.825. The highest BCUT2D eigenvalue weighted by Crippen LogP contribution is 2.22. The summed E-state index contributed by atoms with van der Waals surface area (Å²) in [4.78, 5) is 13.6. The molecular formula is C14H19NO4. The molecule has 0 aromatic heterocycles. The molecule has 0 saturated carbocycles. The normalized spacial score (nSPS) is 19.3. The van der Waals surface area contributed by atoms with E-state index in [9.17, 15) is 4.79 Å². The van der Waals surface area contributed by atoms with E-state index in [-0.39, 0.29) is 18.6 Å². The predicted octanol–water partition coefficient (Wildman–Crippen LogP) is 1.06. The lowest BCUT2D eigenvalue weighted by atomic mass is 10.1. The molecule has 1 atom stereocenters. The molecule has 5 heteroatoms. The molecule has 1 aromatic carbocycles. The van der Waals surface area contributed by atoms with Crippen molar-refractivity contribution in [1.29, 1.82) is 0 Å². The number of benzene rings is 1. The van der Waals surface area contributed by atoms with E-state index in [1.807, 2.05) is 12.1 Å². The number of esters is 1. The van der Waals surface area contributed by atoms with Crippen LogP contribution in [0.4, 0.5) is 5.69 Å². The van der Waals surface area contributed by atoms with Gasteiger partial charge in [0, 0.05) is 18.8 Å². The second-order valence-corrected chi connectivity index (χ2v) is 4.47. The summed E-state index contributed by atoms with van der Waals surface area (Å²) in [6, 6.07) is 7.51.